The molecule has 0 amide bonds. The molecule has 2 heteroatoms. The van der Waals surface area contributed by atoms with Crippen molar-refractivity contribution in [3.05, 3.63) is 59.7 Å². The highest BCUT2D eigenvalue weighted by Crippen LogP contribution is 2.35. The average Bonchev–Trinajstić information content (AvgIpc) is 3.01. The third-order valence-corrected chi connectivity index (χ3v) is 5.06. The fourth-order valence-electron chi connectivity index (χ4n) is 3.48. The SMILES string of the molecule is CCC(C)c1cccc2c(CCCCN)c(-c3ccccc3)[nH]c12. The number of aromatic nitrogens is 1. The molecule has 3 aromatic rings. The molecule has 2 nitrogen and oxygen atoms in total. The summed E-state index contributed by atoms with van der Waals surface area (Å²) in [6, 6.07) is 17.4. The van der Waals surface area contributed by atoms with E-state index in [1.165, 1.54) is 33.3 Å². The number of rotatable bonds is 7. The lowest BCUT2D eigenvalue weighted by Gasteiger charge is -2.10. The minimum absolute atomic E-state index is 0.563. The largest absolute Gasteiger partial charge is 0.354 e. The molecule has 3 N–H and O–H groups in total. The molecule has 0 radical (unpaired) electrons. The Morgan fingerprint density at radius 2 is 1.79 bits per heavy atom. The van der Waals surface area contributed by atoms with Crippen molar-refractivity contribution in [1.29, 1.82) is 0 Å². The van der Waals surface area contributed by atoms with Crippen LogP contribution in [0.4, 0.5) is 0 Å². The average molecular weight is 320 g/mol. The predicted molar refractivity (Wildman–Crippen MR) is 104 cm³/mol. The highest BCUT2D eigenvalue weighted by atomic mass is 14.7. The second kappa shape index (κ2) is 7.67. The molecule has 0 spiro atoms. The molecule has 126 valence electrons. The number of fused-ring (bicyclic) bond motifs is 1. The number of nitrogens with one attached hydrogen (secondary N) is 1. The first kappa shape index (κ1) is 16.8. The van der Waals surface area contributed by atoms with Gasteiger partial charge in [0, 0.05) is 16.6 Å². The fourth-order valence-corrected chi connectivity index (χ4v) is 3.48. The Bertz CT molecular complexity index is 786. The lowest BCUT2D eigenvalue weighted by Crippen LogP contribution is -1.99. The van der Waals surface area contributed by atoms with E-state index in [9.17, 15) is 0 Å². The van der Waals surface area contributed by atoms with Gasteiger partial charge in [0.15, 0.2) is 0 Å². The van der Waals surface area contributed by atoms with Gasteiger partial charge in [-0.2, -0.15) is 0 Å². The maximum atomic E-state index is 5.70. The van der Waals surface area contributed by atoms with E-state index in [0.717, 1.165) is 32.2 Å². The third kappa shape index (κ3) is 3.25. The second-order valence-corrected chi connectivity index (χ2v) is 6.67. The minimum Gasteiger partial charge on any atom is -0.354 e. The first-order chi connectivity index (χ1) is 11.8. The Kier molecular flexibility index (Phi) is 5.37. The molecule has 0 bridgehead atoms. The van der Waals surface area contributed by atoms with Gasteiger partial charge in [0.25, 0.3) is 0 Å². The standard InChI is InChI=1S/C22H28N2/c1-3-16(2)18-13-9-14-20-19(12-7-8-15-23)21(24-22(18)20)17-10-5-4-6-11-17/h4-6,9-11,13-14,16,24H,3,7-8,12,15,23H2,1-2H3. The van der Waals surface area contributed by atoms with Crippen molar-refractivity contribution < 1.29 is 0 Å². The molecule has 2 aromatic carbocycles. The van der Waals surface area contributed by atoms with Gasteiger partial charge in [0.05, 0.1) is 0 Å². The topological polar surface area (TPSA) is 41.8 Å². The maximum absolute atomic E-state index is 5.70. The first-order valence-electron chi connectivity index (χ1n) is 9.15. The molecule has 1 aromatic heterocycles. The van der Waals surface area contributed by atoms with Gasteiger partial charge in [0.2, 0.25) is 0 Å². The summed E-state index contributed by atoms with van der Waals surface area (Å²) in [5.41, 5.74) is 12.4. The van der Waals surface area contributed by atoms with Crippen molar-refractivity contribution in [2.75, 3.05) is 6.54 Å². The molecule has 1 heterocycles. The van der Waals surface area contributed by atoms with Gasteiger partial charge in [-0.25, -0.2) is 0 Å². The highest BCUT2D eigenvalue weighted by molar-refractivity contribution is 5.93. The number of aryl methyl sites for hydroxylation is 1. The molecule has 1 unspecified atom stereocenters. The number of hydrogen-bond acceptors (Lipinski definition) is 1. The summed E-state index contributed by atoms with van der Waals surface area (Å²) in [5, 5.41) is 1.38. The van der Waals surface area contributed by atoms with E-state index in [-0.39, 0.29) is 0 Å². The number of unbranched alkanes of at least 4 members (excludes halogenated alkanes) is 1. The van der Waals surface area contributed by atoms with Gasteiger partial charge in [0.1, 0.15) is 0 Å². The summed E-state index contributed by atoms with van der Waals surface area (Å²) in [7, 11) is 0. The van der Waals surface area contributed by atoms with Crippen LogP contribution in [0.1, 0.15) is 50.2 Å². The zero-order chi connectivity index (χ0) is 16.9. The minimum atomic E-state index is 0.563. The van der Waals surface area contributed by atoms with Crippen LogP contribution in [0, 0.1) is 0 Å². The fraction of sp³-hybridized carbons (Fsp3) is 0.364. The summed E-state index contributed by atoms with van der Waals surface area (Å²) >= 11 is 0. The van der Waals surface area contributed by atoms with Crippen LogP contribution in [0.3, 0.4) is 0 Å². The molecule has 0 fully saturated rings. The lowest BCUT2D eigenvalue weighted by atomic mass is 9.94. The maximum Gasteiger partial charge on any atom is 0.0497 e. The summed E-state index contributed by atoms with van der Waals surface area (Å²) in [5.74, 6) is 0.563. The highest BCUT2D eigenvalue weighted by Gasteiger charge is 2.16. The van der Waals surface area contributed by atoms with Gasteiger partial charge in [-0.3, -0.25) is 0 Å². The van der Waals surface area contributed by atoms with E-state index in [0.29, 0.717) is 5.92 Å². The van der Waals surface area contributed by atoms with Crippen LogP contribution in [0.25, 0.3) is 22.2 Å². The second-order valence-electron chi connectivity index (χ2n) is 6.67. The van der Waals surface area contributed by atoms with Crippen molar-refractivity contribution in [1.82, 2.24) is 4.98 Å². The van der Waals surface area contributed by atoms with E-state index >= 15 is 0 Å². The Morgan fingerprint density at radius 1 is 1.00 bits per heavy atom. The Hall–Kier alpha value is -2.06. The zero-order valence-corrected chi connectivity index (χ0v) is 14.8. The van der Waals surface area contributed by atoms with Crippen molar-refractivity contribution in [3.8, 4) is 11.3 Å². The monoisotopic (exact) mass is 320 g/mol. The third-order valence-electron chi connectivity index (χ3n) is 5.06. The molecule has 0 aliphatic rings. The van der Waals surface area contributed by atoms with E-state index in [1.54, 1.807) is 0 Å². The van der Waals surface area contributed by atoms with E-state index in [2.05, 4.69) is 67.4 Å². The lowest BCUT2D eigenvalue weighted by molar-refractivity contribution is 0.738. The molecule has 1 atom stereocenters. The number of para-hydroxylation sites is 1. The van der Waals surface area contributed by atoms with Crippen LogP contribution in [0.5, 0.6) is 0 Å². The Labute approximate surface area is 145 Å². The number of hydrogen-bond donors (Lipinski definition) is 2. The van der Waals surface area contributed by atoms with Crippen LogP contribution in [0.15, 0.2) is 48.5 Å². The molecule has 24 heavy (non-hydrogen) atoms. The van der Waals surface area contributed by atoms with Gasteiger partial charge < -0.3 is 10.7 Å². The summed E-state index contributed by atoms with van der Waals surface area (Å²) in [4.78, 5) is 3.76. The molecule has 3 rings (SSSR count). The normalized spacial score (nSPS) is 12.6. The molecule has 0 saturated heterocycles. The van der Waals surface area contributed by atoms with Crippen LogP contribution in [-0.2, 0) is 6.42 Å². The predicted octanol–water partition coefficient (Wildman–Crippen LogP) is 5.63. The molecule has 0 aliphatic heterocycles. The quantitative estimate of drug-likeness (QED) is 0.544. The van der Waals surface area contributed by atoms with Crippen LogP contribution >= 0.6 is 0 Å². The van der Waals surface area contributed by atoms with E-state index < -0.39 is 0 Å². The van der Waals surface area contributed by atoms with Gasteiger partial charge in [-0.05, 0) is 54.8 Å². The summed E-state index contributed by atoms with van der Waals surface area (Å²) in [6.07, 6.45) is 4.44. The smallest absolute Gasteiger partial charge is 0.0497 e. The molecule has 0 aliphatic carbocycles. The van der Waals surface area contributed by atoms with Gasteiger partial charge in [-0.1, -0.05) is 62.4 Å². The van der Waals surface area contributed by atoms with E-state index in [4.69, 9.17) is 5.73 Å². The summed E-state index contributed by atoms with van der Waals surface area (Å²) in [6.45, 7) is 5.33. The van der Waals surface area contributed by atoms with Crippen molar-refractivity contribution >= 4 is 10.9 Å². The number of H-pyrrole nitrogens is 1. The summed E-state index contributed by atoms with van der Waals surface area (Å²) < 4.78 is 0. The Balaban J connectivity index is 2.16. The number of nitrogens with two attached hydrogens (primary N) is 1. The molecule has 0 saturated carbocycles. The first-order valence-corrected chi connectivity index (χ1v) is 9.15. The molecular formula is C22H28N2. The van der Waals surface area contributed by atoms with Crippen molar-refractivity contribution in [2.24, 2.45) is 5.73 Å². The van der Waals surface area contributed by atoms with E-state index in [1.807, 2.05) is 0 Å². The molecular weight excluding hydrogens is 292 g/mol. The number of benzene rings is 2. The van der Waals surface area contributed by atoms with Gasteiger partial charge in [-0.15, -0.1) is 0 Å². The van der Waals surface area contributed by atoms with Crippen molar-refractivity contribution in [2.45, 2.75) is 45.4 Å². The van der Waals surface area contributed by atoms with Crippen molar-refractivity contribution in [3.63, 3.8) is 0 Å². The van der Waals surface area contributed by atoms with Crippen LogP contribution in [0.2, 0.25) is 0 Å². The van der Waals surface area contributed by atoms with Crippen LogP contribution in [-0.4, -0.2) is 11.5 Å². The van der Waals surface area contributed by atoms with Gasteiger partial charge >= 0.3 is 0 Å². The zero-order valence-electron chi connectivity index (χ0n) is 14.8. The van der Waals surface area contributed by atoms with Crippen LogP contribution < -0.4 is 5.73 Å². The Morgan fingerprint density at radius 3 is 2.50 bits per heavy atom. The number of aromatic amines is 1.